The summed E-state index contributed by atoms with van der Waals surface area (Å²) < 4.78 is 5.01. The van der Waals surface area contributed by atoms with Gasteiger partial charge in [0.1, 0.15) is 13.8 Å². The van der Waals surface area contributed by atoms with E-state index in [9.17, 15) is 19.2 Å². The number of benzene rings is 3. The molecule has 2 unspecified atom stereocenters. The highest BCUT2D eigenvalue weighted by atomic mass is 16.5. The average molecular weight is 439 g/mol. The molecule has 0 spiro atoms. The number of rotatable bonds is 6. The van der Waals surface area contributed by atoms with E-state index >= 15 is 0 Å². The van der Waals surface area contributed by atoms with Crippen molar-refractivity contribution in [3.8, 4) is 0 Å². The standard InChI is InChI=1S/C26H22BNO5/c1-2-33-26(32)18-10-14-20(15-11-18)28-22(16-8-12-19(27)13-9-16)21(24(30)25(28)31)23(29)17-6-4-3-5-7-17/h3-15,21-22H,2,27H2,1H3. The number of ketones is 2. The van der Waals surface area contributed by atoms with E-state index in [4.69, 9.17) is 4.74 Å². The largest absolute Gasteiger partial charge is 0.462 e. The minimum Gasteiger partial charge on any atom is -0.462 e. The van der Waals surface area contributed by atoms with E-state index in [0.717, 1.165) is 5.46 Å². The summed E-state index contributed by atoms with van der Waals surface area (Å²) >= 11 is 0. The van der Waals surface area contributed by atoms with Gasteiger partial charge in [0.15, 0.2) is 5.78 Å². The first-order chi connectivity index (χ1) is 15.9. The molecule has 6 nitrogen and oxygen atoms in total. The van der Waals surface area contributed by atoms with E-state index in [1.165, 1.54) is 4.90 Å². The van der Waals surface area contributed by atoms with E-state index in [0.29, 0.717) is 22.4 Å². The van der Waals surface area contributed by atoms with Crippen molar-refractivity contribution in [3.63, 3.8) is 0 Å². The van der Waals surface area contributed by atoms with Gasteiger partial charge in [-0.3, -0.25) is 19.3 Å². The number of hydrogen-bond acceptors (Lipinski definition) is 5. The minimum absolute atomic E-state index is 0.248. The predicted octanol–water partition coefficient (Wildman–Crippen LogP) is 2.28. The number of carbonyl (C=O) groups is 4. The monoisotopic (exact) mass is 439 g/mol. The number of amides is 1. The van der Waals surface area contributed by atoms with E-state index in [1.807, 2.05) is 32.1 Å². The zero-order chi connectivity index (χ0) is 23.5. The van der Waals surface area contributed by atoms with E-state index in [-0.39, 0.29) is 6.61 Å². The minimum atomic E-state index is -1.17. The van der Waals surface area contributed by atoms with Gasteiger partial charge in [0, 0.05) is 11.3 Å². The average Bonchev–Trinajstić information content (AvgIpc) is 3.10. The van der Waals surface area contributed by atoms with Gasteiger partial charge in [-0.25, -0.2) is 4.79 Å². The second-order valence-corrected chi connectivity index (χ2v) is 7.87. The summed E-state index contributed by atoms with van der Waals surface area (Å²) in [7, 11) is 1.94. The van der Waals surface area contributed by atoms with Crippen LogP contribution in [-0.2, 0) is 14.3 Å². The van der Waals surface area contributed by atoms with Crippen LogP contribution in [0.3, 0.4) is 0 Å². The van der Waals surface area contributed by atoms with Crippen LogP contribution in [0.25, 0.3) is 0 Å². The Balaban J connectivity index is 1.79. The van der Waals surface area contributed by atoms with Crippen molar-refractivity contribution < 1.29 is 23.9 Å². The van der Waals surface area contributed by atoms with Gasteiger partial charge in [-0.1, -0.05) is 60.1 Å². The first-order valence-electron chi connectivity index (χ1n) is 10.7. The number of nitrogens with zero attached hydrogens (tertiary/aromatic N) is 1. The second-order valence-electron chi connectivity index (χ2n) is 7.87. The lowest BCUT2D eigenvalue weighted by Gasteiger charge is -2.27. The molecular formula is C26H22BNO5. The molecule has 4 rings (SSSR count). The molecule has 1 fully saturated rings. The lowest BCUT2D eigenvalue weighted by Crippen LogP contribution is -2.31. The summed E-state index contributed by atoms with van der Waals surface area (Å²) in [5, 5.41) is 0. The van der Waals surface area contributed by atoms with Gasteiger partial charge in [-0.2, -0.15) is 0 Å². The number of hydrogen-bond donors (Lipinski definition) is 0. The molecule has 7 heteroatoms. The first kappa shape index (κ1) is 22.2. The number of carbonyl (C=O) groups excluding carboxylic acids is 4. The predicted molar refractivity (Wildman–Crippen MR) is 127 cm³/mol. The molecule has 0 N–H and O–H groups in total. The van der Waals surface area contributed by atoms with Crippen LogP contribution in [0.4, 0.5) is 5.69 Å². The molecule has 1 aliphatic heterocycles. The van der Waals surface area contributed by atoms with Crippen LogP contribution in [0.2, 0.25) is 0 Å². The Bertz CT molecular complexity index is 1210. The fourth-order valence-corrected chi connectivity index (χ4v) is 4.07. The highest BCUT2D eigenvalue weighted by Gasteiger charge is 2.52. The van der Waals surface area contributed by atoms with Crippen LogP contribution in [0.1, 0.15) is 39.2 Å². The van der Waals surface area contributed by atoms with Gasteiger partial charge in [-0.15, -0.1) is 0 Å². The van der Waals surface area contributed by atoms with E-state index in [2.05, 4.69) is 0 Å². The third kappa shape index (κ3) is 4.22. The fraction of sp³-hybridized carbons (Fsp3) is 0.154. The number of ether oxygens (including phenoxy) is 1. The Morgan fingerprint density at radius 2 is 1.52 bits per heavy atom. The Labute approximate surface area is 192 Å². The van der Waals surface area contributed by atoms with Crippen molar-refractivity contribution in [2.45, 2.75) is 13.0 Å². The summed E-state index contributed by atoms with van der Waals surface area (Å²) in [5.74, 6) is -3.54. The van der Waals surface area contributed by atoms with Crippen LogP contribution >= 0.6 is 0 Å². The van der Waals surface area contributed by atoms with Gasteiger partial charge in [0.05, 0.1) is 18.2 Å². The molecule has 1 saturated heterocycles. The van der Waals surface area contributed by atoms with E-state index in [1.54, 1.807) is 61.5 Å². The van der Waals surface area contributed by atoms with E-state index < -0.39 is 35.4 Å². The molecule has 1 amide bonds. The SMILES string of the molecule is Bc1ccc(C2C(C(=O)c3ccccc3)C(=O)C(=O)N2c2ccc(C(=O)OCC)cc2)cc1. The number of Topliss-reactive ketones (excluding diaryl/α,β-unsaturated/α-hetero) is 2. The van der Waals surface area contributed by atoms with Crippen LogP contribution in [0.5, 0.6) is 0 Å². The maximum Gasteiger partial charge on any atom is 0.338 e. The van der Waals surface area contributed by atoms with Crippen molar-refractivity contribution in [2.75, 3.05) is 11.5 Å². The van der Waals surface area contributed by atoms with Gasteiger partial charge >= 0.3 is 5.97 Å². The second kappa shape index (κ2) is 9.24. The molecule has 3 aromatic rings. The zero-order valence-electron chi connectivity index (χ0n) is 18.4. The normalized spacial score (nSPS) is 17.8. The van der Waals surface area contributed by atoms with Crippen LogP contribution in [0.15, 0.2) is 78.9 Å². The molecule has 33 heavy (non-hydrogen) atoms. The number of esters is 1. The van der Waals surface area contributed by atoms with Crippen molar-refractivity contribution in [3.05, 3.63) is 95.6 Å². The molecule has 0 aliphatic carbocycles. The third-order valence-corrected chi connectivity index (χ3v) is 5.72. The summed E-state index contributed by atoms with van der Waals surface area (Å²) in [6.07, 6.45) is 0. The highest BCUT2D eigenvalue weighted by Crippen LogP contribution is 2.41. The van der Waals surface area contributed by atoms with Gasteiger partial charge < -0.3 is 4.74 Å². The highest BCUT2D eigenvalue weighted by molar-refractivity contribution is 6.49. The molecule has 0 saturated carbocycles. The fourth-order valence-electron chi connectivity index (χ4n) is 4.07. The zero-order valence-corrected chi connectivity index (χ0v) is 18.4. The molecule has 0 bridgehead atoms. The maximum atomic E-state index is 13.4. The van der Waals surface area contributed by atoms with Crippen molar-refractivity contribution in [2.24, 2.45) is 5.92 Å². The summed E-state index contributed by atoms with van der Waals surface area (Å²) in [6.45, 7) is 1.97. The molecular weight excluding hydrogens is 417 g/mol. The molecule has 164 valence electrons. The van der Waals surface area contributed by atoms with Gasteiger partial charge in [0.2, 0.25) is 5.78 Å². The van der Waals surface area contributed by atoms with Crippen LogP contribution in [0, 0.1) is 5.92 Å². The Hall–Kier alpha value is -4.00. The summed E-state index contributed by atoms with van der Waals surface area (Å²) in [6, 6.07) is 21.4. The van der Waals surface area contributed by atoms with Gasteiger partial charge in [0.25, 0.3) is 5.91 Å². The maximum absolute atomic E-state index is 13.4. The van der Waals surface area contributed by atoms with Crippen molar-refractivity contribution in [1.29, 1.82) is 0 Å². The Kier molecular flexibility index (Phi) is 6.22. The topological polar surface area (TPSA) is 80.8 Å². The molecule has 3 aromatic carbocycles. The molecule has 1 heterocycles. The Morgan fingerprint density at radius 1 is 0.879 bits per heavy atom. The molecule has 1 aliphatic rings. The number of anilines is 1. The Morgan fingerprint density at radius 3 is 2.12 bits per heavy atom. The smallest absolute Gasteiger partial charge is 0.338 e. The summed E-state index contributed by atoms with van der Waals surface area (Å²) in [5.41, 5.74) is 2.84. The van der Waals surface area contributed by atoms with Crippen molar-refractivity contribution >= 4 is 42.4 Å². The lowest BCUT2D eigenvalue weighted by molar-refractivity contribution is -0.135. The van der Waals surface area contributed by atoms with Crippen LogP contribution < -0.4 is 10.4 Å². The molecule has 0 aromatic heterocycles. The quantitative estimate of drug-likeness (QED) is 0.194. The van der Waals surface area contributed by atoms with Crippen LogP contribution in [-0.4, -0.2) is 37.9 Å². The first-order valence-corrected chi connectivity index (χ1v) is 10.7. The van der Waals surface area contributed by atoms with Crippen molar-refractivity contribution in [1.82, 2.24) is 0 Å². The third-order valence-electron chi connectivity index (χ3n) is 5.72. The van der Waals surface area contributed by atoms with Gasteiger partial charge in [-0.05, 0) is 36.8 Å². The molecule has 2 atom stereocenters. The molecule has 0 radical (unpaired) electrons. The lowest BCUT2D eigenvalue weighted by atomic mass is 9.85. The summed E-state index contributed by atoms with van der Waals surface area (Å²) in [4.78, 5) is 53.0.